The quantitative estimate of drug-likeness (QED) is 0.578. The average molecular weight is 302 g/mol. The third-order valence-corrected chi connectivity index (χ3v) is 4.30. The van der Waals surface area contributed by atoms with Gasteiger partial charge >= 0.3 is 5.97 Å². The molecule has 4 heteroatoms. The largest absolute Gasteiger partial charge is 0.450 e. The Kier molecular flexibility index (Phi) is 5.91. The molecule has 0 aromatic heterocycles. The number of carbonyl (C=O) groups excluding carboxylic acids is 3. The molecule has 0 aromatic rings. The second kappa shape index (κ2) is 7.90. The van der Waals surface area contributed by atoms with Gasteiger partial charge in [-0.15, -0.1) is 0 Å². The third-order valence-electron chi connectivity index (χ3n) is 4.30. The number of hydrogen-bond acceptors (Lipinski definition) is 4. The summed E-state index contributed by atoms with van der Waals surface area (Å²) in [5.41, 5.74) is 0.519. The van der Waals surface area contributed by atoms with Gasteiger partial charge in [-0.3, -0.25) is 4.79 Å². The van der Waals surface area contributed by atoms with Gasteiger partial charge in [-0.1, -0.05) is 31.9 Å². The van der Waals surface area contributed by atoms with Crippen molar-refractivity contribution in [3.05, 3.63) is 29.4 Å². The Morgan fingerprint density at radius 2 is 2.27 bits per heavy atom. The fraction of sp³-hybridized carbons (Fsp3) is 0.556. The molecule has 2 aliphatic rings. The summed E-state index contributed by atoms with van der Waals surface area (Å²) in [4.78, 5) is 35.4. The van der Waals surface area contributed by atoms with Gasteiger partial charge in [0, 0.05) is 18.8 Å². The molecule has 0 N–H and O–H groups in total. The molecule has 118 valence electrons. The van der Waals surface area contributed by atoms with E-state index in [1.807, 2.05) is 0 Å². The second-order valence-electron chi connectivity index (χ2n) is 5.88. The lowest BCUT2D eigenvalue weighted by atomic mass is 9.82. The van der Waals surface area contributed by atoms with E-state index < -0.39 is 12.1 Å². The van der Waals surface area contributed by atoms with Crippen LogP contribution in [0, 0.1) is 5.92 Å². The van der Waals surface area contributed by atoms with Crippen molar-refractivity contribution >= 4 is 17.7 Å². The van der Waals surface area contributed by atoms with Gasteiger partial charge < -0.3 is 4.74 Å². The fourth-order valence-corrected chi connectivity index (χ4v) is 3.05. The van der Waals surface area contributed by atoms with Gasteiger partial charge in [-0.05, 0) is 25.3 Å². The molecule has 4 nitrogen and oxygen atoms in total. The van der Waals surface area contributed by atoms with Crippen molar-refractivity contribution in [2.24, 2.45) is 5.92 Å². The summed E-state index contributed by atoms with van der Waals surface area (Å²) in [5, 5.41) is 0. The smallest absolute Gasteiger partial charge is 0.339 e. The summed E-state index contributed by atoms with van der Waals surface area (Å²) in [6, 6.07) is 0. The van der Waals surface area contributed by atoms with Crippen LogP contribution in [0.3, 0.4) is 0 Å². The minimum Gasteiger partial charge on any atom is -0.450 e. The minimum atomic E-state index is -0.660. The van der Waals surface area contributed by atoms with Gasteiger partial charge in [0.1, 0.15) is 5.94 Å². The van der Waals surface area contributed by atoms with Gasteiger partial charge in [0.25, 0.3) is 0 Å². The van der Waals surface area contributed by atoms with Crippen molar-refractivity contribution in [3.63, 3.8) is 0 Å². The minimum absolute atomic E-state index is 0.00397. The highest BCUT2D eigenvalue weighted by molar-refractivity contribution is 5.99. The number of ketones is 1. The topological polar surface area (TPSA) is 60.4 Å². The van der Waals surface area contributed by atoms with Crippen molar-refractivity contribution in [1.82, 2.24) is 0 Å². The number of hydrogen-bond donors (Lipinski definition) is 0. The molecule has 22 heavy (non-hydrogen) atoms. The number of carbonyl (C=O) groups is 2. The molecule has 0 radical (unpaired) electrons. The Morgan fingerprint density at radius 1 is 1.45 bits per heavy atom. The highest BCUT2D eigenvalue weighted by atomic mass is 16.5. The summed E-state index contributed by atoms with van der Waals surface area (Å²) in [5.74, 6) is 1.32. The van der Waals surface area contributed by atoms with Crippen LogP contribution in [0.5, 0.6) is 0 Å². The molecule has 0 spiro atoms. The molecule has 0 saturated heterocycles. The molecular weight excluding hydrogens is 280 g/mol. The van der Waals surface area contributed by atoms with E-state index >= 15 is 0 Å². The number of rotatable bonds is 5. The van der Waals surface area contributed by atoms with Crippen LogP contribution in [0.25, 0.3) is 0 Å². The van der Waals surface area contributed by atoms with E-state index in [4.69, 9.17) is 4.74 Å². The Labute approximate surface area is 130 Å². The second-order valence-corrected chi connectivity index (χ2v) is 5.88. The van der Waals surface area contributed by atoms with E-state index in [1.165, 1.54) is 0 Å². The van der Waals surface area contributed by atoms with Crippen molar-refractivity contribution in [3.8, 4) is 0 Å². The third kappa shape index (κ3) is 3.83. The lowest BCUT2D eigenvalue weighted by molar-refractivity contribution is -0.157. The number of ether oxygens (including phenoxy) is 1. The van der Waals surface area contributed by atoms with Crippen molar-refractivity contribution in [2.45, 2.75) is 58.0 Å². The Hall–Kier alpha value is -1.93. The van der Waals surface area contributed by atoms with E-state index in [-0.39, 0.29) is 17.3 Å². The normalized spacial score (nSPS) is 24.7. The summed E-state index contributed by atoms with van der Waals surface area (Å²) in [6.45, 7) is 2.10. The molecule has 2 aliphatic carbocycles. The molecule has 2 unspecified atom stereocenters. The van der Waals surface area contributed by atoms with Crippen LogP contribution in [0.2, 0.25) is 0 Å². The lowest BCUT2D eigenvalue weighted by Gasteiger charge is -2.30. The van der Waals surface area contributed by atoms with Gasteiger partial charge in [0.05, 0.1) is 11.1 Å². The molecule has 0 bridgehead atoms. The van der Waals surface area contributed by atoms with Crippen LogP contribution in [-0.2, 0) is 19.1 Å². The van der Waals surface area contributed by atoms with E-state index in [1.54, 1.807) is 24.2 Å². The molecular formula is C18H22O4. The molecule has 2 atom stereocenters. The fourth-order valence-electron chi connectivity index (χ4n) is 3.05. The monoisotopic (exact) mass is 302 g/mol. The first-order chi connectivity index (χ1) is 10.7. The predicted octanol–water partition coefficient (Wildman–Crippen LogP) is 3.10. The van der Waals surface area contributed by atoms with Crippen LogP contribution in [0.1, 0.15) is 51.9 Å². The Morgan fingerprint density at radius 3 is 3.00 bits per heavy atom. The average Bonchev–Trinajstić information content (AvgIpc) is 2.55. The summed E-state index contributed by atoms with van der Waals surface area (Å²) in [6.07, 6.45) is 10.0. The predicted molar refractivity (Wildman–Crippen MR) is 82.8 cm³/mol. The highest BCUT2D eigenvalue weighted by Gasteiger charge is 2.35. The van der Waals surface area contributed by atoms with Gasteiger partial charge in [0.15, 0.2) is 11.9 Å². The maximum absolute atomic E-state index is 12.3. The van der Waals surface area contributed by atoms with Crippen LogP contribution < -0.4 is 0 Å². The van der Waals surface area contributed by atoms with Gasteiger partial charge in [-0.25, -0.2) is 9.59 Å². The molecule has 1 saturated carbocycles. The number of esters is 1. The summed E-state index contributed by atoms with van der Waals surface area (Å²) >= 11 is 0. The molecule has 1 fully saturated rings. The van der Waals surface area contributed by atoms with Crippen molar-refractivity contribution in [1.29, 1.82) is 0 Å². The first kappa shape index (κ1) is 16.4. The molecule has 0 amide bonds. The summed E-state index contributed by atoms with van der Waals surface area (Å²) in [7, 11) is 0. The zero-order chi connectivity index (χ0) is 15.9. The SMILES string of the molecule is CCCCC1CCCC(=O)C1OC(=O)C1=CC=CCC1=C=O. The van der Waals surface area contributed by atoms with Crippen molar-refractivity contribution < 1.29 is 19.1 Å². The van der Waals surface area contributed by atoms with Gasteiger partial charge in [0.2, 0.25) is 0 Å². The Bertz CT molecular complexity index is 549. The van der Waals surface area contributed by atoms with Gasteiger partial charge in [-0.2, -0.15) is 0 Å². The van der Waals surface area contributed by atoms with Crippen LogP contribution in [-0.4, -0.2) is 23.8 Å². The van der Waals surface area contributed by atoms with Crippen LogP contribution in [0.4, 0.5) is 0 Å². The van der Waals surface area contributed by atoms with Crippen molar-refractivity contribution in [2.75, 3.05) is 0 Å². The molecule has 0 heterocycles. The van der Waals surface area contributed by atoms with Crippen LogP contribution in [0.15, 0.2) is 29.4 Å². The standard InChI is InChI=1S/C18H22O4/c1-2-3-7-13-9-6-11-16(20)17(13)22-18(21)15-10-5-4-8-14(15)12-19/h4-5,10,13,17H,2-3,6-9,11H2,1H3. The first-order valence-corrected chi connectivity index (χ1v) is 8.02. The van der Waals surface area contributed by atoms with Crippen LogP contribution >= 0.6 is 0 Å². The number of unbranched alkanes of at least 4 members (excludes halogenated alkanes) is 1. The molecule has 0 aliphatic heterocycles. The first-order valence-electron chi connectivity index (χ1n) is 8.02. The maximum Gasteiger partial charge on any atom is 0.339 e. The number of allylic oxidation sites excluding steroid dienone is 3. The maximum atomic E-state index is 12.3. The molecule has 0 aromatic carbocycles. The van der Waals surface area contributed by atoms with E-state index in [0.29, 0.717) is 18.4 Å². The zero-order valence-electron chi connectivity index (χ0n) is 13.0. The zero-order valence-corrected chi connectivity index (χ0v) is 13.0. The Balaban J connectivity index is 2.10. The van der Waals surface area contributed by atoms with E-state index in [0.717, 1.165) is 32.1 Å². The van der Waals surface area contributed by atoms with E-state index in [2.05, 4.69) is 6.92 Å². The molecule has 2 rings (SSSR count). The number of Topliss-reactive ketones (excluding diaryl/α,β-unsaturated/α-hetero) is 1. The highest BCUT2D eigenvalue weighted by Crippen LogP contribution is 2.30. The summed E-state index contributed by atoms with van der Waals surface area (Å²) < 4.78 is 5.49. The lowest BCUT2D eigenvalue weighted by Crippen LogP contribution is -2.38. The van der Waals surface area contributed by atoms with E-state index in [9.17, 15) is 14.4 Å².